The fraction of sp³-hybridized carbons (Fsp3) is 0.562. The van der Waals surface area contributed by atoms with Crippen molar-refractivity contribution in [3.63, 3.8) is 0 Å². The first-order valence-electron chi connectivity index (χ1n) is 7.51. The van der Waals surface area contributed by atoms with E-state index in [1.807, 2.05) is 12.1 Å². The average Bonchev–Trinajstić information content (AvgIpc) is 2.50. The summed E-state index contributed by atoms with van der Waals surface area (Å²) in [5.41, 5.74) is 7.72. The average molecular weight is 291 g/mol. The Morgan fingerprint density at radius 1 is 1.43 bits per heavy atom. The summed E-state index contributed by atoms with van der Waals surface area (Å²) in [6, 6.07) is 5.40. The molecule has 0 bridgehead atoms. The number of hydrogen-bond acceptors (Lipinski definition) is 5. The van der Waals surface area contributed by atoms with Crippen LogP contribution >= 0.6 is 0 Å². The van der Waals surface area contributed by atoms with E-state index in [1.165, 1.54) is 33.0 Å². The maximum atomic E-state index is 11.6. The molecule has 5 heteroatoms. The molecule has 2 rings (SSSR count). The number of rotatable bonds is 5. The molecule has 1 heterocycles. The van der Waals surface area contributed by atoms with Gasteiger partial charge in [0.15, 0.2) is 0 Å². The highest BCUT2D eigenvalue weighted by atomic mass is 16.5. The lowest BCUT2D eigenvalue weighted by Crippen LogP contribution is -2.30. The number of nitrogens with zero attached hydrogens (tertiary/aromatic N) is 1. The predicted octanol–water partition coefficient (Wildman–Crippen LogP) is 2.20. The fourth-order valence-corrected chi connectivity index (χ4v) is 2.77. The second kappa shape index (κ2) is 7.31. The number of anilines is 2. The van der Waals surface area contributed by atoms with Gasteiger partial charge in [-0.05, 0) is 57.5 Å². The third-order valence-corrected chi connectivity index (χ3v) is 4.22. The number of ether oxygens (including phenoxy) is 1. The maximum absolute atomic E-state index is 11.6. The highest BCUT2D eigenvalue weighted by Crippen LogP contribution is 2.24. The molecule has 0 aromatic heterocycles. The number of piperidine rings is 1. The normalized spacial score (nSPS) is 16.7. The molecule has 0 radical (unpaired) electrons. The van der Waals surface area contributed by atoms with Gasteiger partial charge in [-0.1, -0.05) is 6.07 Å². The van der Waals surface area contributed by atoms with Crippen molar-refractivity contribution >= 4 is 17.3 Å². The first kappa shape index (κ1) is 15.6. The van der Waals surface area contributed by atoms with Crippen LogP contribution in [0.2, 0.25) is 0 Å². The van der Waals surface area contributed by atoms with Gasteiger partial charge in [-0.25, -0.2) is 4.79 Å². The van der Waals surface area contributed by atoms with Gasteiger partial charge in [0, 0.05) is 6.54 Å². The standard InChI is InChI=1S/C16H25N3O2/c1-19-10-7-12(8-11-19)6-9-18-14-5-3-4-13(15(14)17)16(20)21-2/h3-5,12,18H,6-11,17H2,1-2H3. The summed E-state index contributed by atoms with van der Waals surface area (Å²) in [4.78, 5) is 14.0. The monoisotopic (exact) mass is 291 g/mol. The van der Waals surface area contributed by atoms with Gasteiger partial charge >= 0.3 is 5.97 Å². The first-order valence-corrected chi connectivity index (χ1v) is 7.51. The number of nitrogens with two attached hydrogens (primary N) is 1. The van der Waals surface area contributed by atoms with Gasteiger partial charge in [0.25, 0.3) is 0 Å². The van der Waals surface area contributed by atoms with Gasteiger partial charge < -0.3 is 20.7 Å². The van der Waals surface area contributed by atoms with Gasteiger partial charge in [0.2, 0.25) is 0 Å². The smallest absolute Gasteiger partial charge is 0.340 e. The van der Waals surface area contributed by atoms with E-state index in [-0.39, 0.29) is 0 Å². The number of nitrogens with one attached hydrogen (secondary N) is 1. The molecule has 1 aliphatic rings. The van der Waals surface area contributed by atoms with Gasteiger partial charge in [-0.15, -0.1) is 0 Å². The summed E-state index contributed by atoms with van der Waals surface area (Å²) in [7, 11) is 3.54. The fourth-order valence-electron chi connectivity index (χ4n) is 2.77. The molecular formula is C16H25N3O2. The van der Waals surface area contributed by atoms with Crippen LogP contribution in [0, 0.1) is 5.92 Å². The summed E-state index contributed by atoms with van der Waals surface area (Å²) in [5, 5.41) is 3.34. The topological polar surface area (TPSA) is 67.6 Å². The molecule has 5 nitrogen and oxygen atoms in total. The molecule has 1 aromatic carbocycles. The highest BCUT2D eigenvalue weighted by molar-refractivity contribution is 5.98. The molecule has 0 aliphatic carbocycles. The van der Waals surface area contributed by atoms with Gasteiger partial charge in [-0.2, -0.15) is 0 Å². The van der Waals surface area contributed by atoms with Crippen molar-refractivity contribution in [1.82, 2.24) is 4.90 Å². The second-order valence-electron chi connectivity index (χ2n) is 5.72. The first-order chi connectivity index (χ1) is 10.1. The zero-order valence-corrected chi connectivity index (χ0v) is 12.9. The number of likely N-dealkylation sites (tertiary alicyclic amines) is 1. The quantitative estimate of drug-likeness (QED) is 0.643. The molecule has 0 saturated carbocycles. The zero-order chi connectivity index (χ0) is 15.2. The summed E-state index contributed by atoms with van der Waals surface area (Å²) in [5.74, 6) is 0.380. The Morgan fingerprint density at radius 2 is 2.14 bits per heavy atom. The summed E-state index contributed by atoms with van der Waals surface area (Å²) in [6.45, 7) is 3.25. The maximum Gasteiger partial charge on any atom is 0.340 e. The molecule has 1 aromatic rings. The Hall–Kier alpha value is -1.75. The van der Waals surface area contributed by atoms with Crippen LogP contribution in [0.5, 0.6) is 0 Å². The highest BCUT2D eigenvalue weighted by Gasteiger charge is 2.17. The second-order valence-corrected chi connectivity index (χ2v) is 5.72. The van der Waals surface area contributed by atoms with E-state index in [9.17, 15) is 4.79 Å². The molecule has 21 heavy (non-hydrogen) atoms. The molecule has 0 atom stereocenters. The minimum absolute atomic E-state index is 0.397. The lowest BCUT2D eigenvalue weighted by Gasteiger charge is -2.29. The number of benzene rings is 1. The van der Waals surface area contributed by atoms with Gasteiger partial charge in [0.05, 0.1) is 24.0 Å². The molecule has 0 amide bonds. The summed E-state index contributed by atoms with van der Waals surface area (Å²) < 4.78 is 4.73. The molecule has 1 saturated heterocycles. The Labute approximate surface area is 126 Å². The predicted molar refractivity (Wildman–Crippen MR) is 85.5 cm³/mol. The third-order valence-electron chi connectivity index (χ3n) is 4.22. The molecule has 3 N–H and O–H groups in total. The Balaban J connectivity index is 1.87. The van der Waals surface area contributed by atoms with Crippen molar-refractivity contribution in [1.29, 1.82) is 0 Å². The molecule has 116 valence electrons. The minimum atomic E-state index is -0.397. The molecule has 1 fully saturated rings. The summed E-state index contributed by atoms with van der Waals surface area (Å²) >= 11 is 0. The Kier molecular flexibility index (Phi) is 5.44. The van der Waals surface area contributed by atoms with E-state index in [1.54, 1.807) is 6.07 Å². The number of methoxy groups -OCH3 is 1. The Bertz CT molecular complexity index is 482. The number of carbonyl (C=O) groups excluding carboxylic acids is 1. The third kappa shape index (κ3) is 4.11. The van der Waals surface area contributed by atoms with Crippen LogP contribution in [0.25, 0.3) is 0 Å². The lowest BCUT2D eigenvalue weighted by atomic mass is 9.94. The van der Waals surface area contributed by atoms with Crippen molar-refractivity contribution in [2.24, 2.45) is 5.92 Å². The van der Waals surface area contributed by atoms with Crippen LogP contribution in [0.1, 0.15) is 29.6 Å². The van der Waals surface area contributed by atoms with E-state index >= 15 is 0 Å². The van der Waals surface area contributed by atoms with Crippen molar-refractivity contribution < 1.29 is 9.53 Å². The Morgan fingerprint density at radius 3 is 2.81 bits per heavy atom. The van der Waals surface area contributed by atoms with Crippen LogP contribution in [0.4, 0.5) is 11.4 Å². The van der Waals surface area contributed by atoms with E-state index in [2.05, 4.69) is 17.3 Å². The van der Waals surface area contributed by atoms with Gasteiger partial charge in [0.1, 0.15) is 0 Å². The van der Waals surface area contributed by atoms with Crippen LogP contribution in [-0.4, -0.2) is 44.7 Å². The van der Waals surface area contributed by atoms with Gasteiger partial charge in [-0.3, -0.25) is 0 Å². The van der Waals surface area contributed by atoms with E-state index in [4.69, 9.17) is 10.5 Å². The van der Waals surface area contributed by atoms with E-state index in [0.717, 1.165) is 24.6 Å². The number of hydrogen-bond donors (Lipinski definition) is 2. The zero-order valence-electron chi connectivity index (χ0n) is 12.9. The molecule has 0 spiro atoms. The van der Waals surface area contributed by atoms with E-state index < -0.39 is 5.97 Å². The molecule has 0 unspecified atom stereocenters. The van der Waals surface area contributed by atoms with E-state index in [0.29, 0.717) is 11.3 Å². The minimum Gasteiger partial charge on any atom is -0.465 e. The van der Waals surface area contributed by atoms with Crippen molar-refractivity contribution in [2.75, 3.05) is 44.8 Å². The van der Waals surface area contributed by atoms with Crippen LogP contribution < -0.4 is 11.1 Å². The number of nitrogen functional groups attached to an aromatic ring is 1. The number of carbonyl (C=O) groups is 1. The lowest BCUT2D eigenvalue weighted by molar-refractivity contribution is 0.0602. The SMILES string of the molecule is COC(=O)c1cccc(NCCC2CCN(C)CC2)c1N. The van der Waals surface area contributed by atoms with Crippen molar-refractivity contribution in [3.8, 4) is 0 Å². The van der Waals surface area contributed by atoms with Crippen LogP contribution in [-0.2, 0) is 4.74 Å². The largest absolute Gasteiger partial charge is 0.465 e. The number of esters is 1. The van der Waals surface area contributed by atoms with Crippen molar-refractivity contribution in [3.05, 3.63) is 23.8 Å². The number of para-hydroxylation sites is 1. The van der Waals surface area contributed by atoms with Crippen LogP contribution in [0.3, 0.4) is 0 Å². The molecule has 1 aliphatic heterocycles. The van der Waals surface area contributed by atoms with Crippen LogP contribution in [0.15, 0.2) is 18.2 Å². The molecular weight excluding hydrogens is 266 g/mol. The van der Waals surface area contributed by atoms with Crippen molar-refractivity contribution in [2.45, 2.75) is 19.3 Å². The summed E-state index contributed by atoms with van der Waals surface area (Å²) in [6.07, 6.45) is 3.65.